The standard InChI is InChI=1S/C20H21F3N6O2/c1-2-15(20(21,22)23)26-18(30)13-6-7-14-17(25-13)29(12-8-10-28(14)11-12)19(31)27-16-5-3-4-9-24-16/h3-7,9,12,15H,2,8,10-11H2,1H3,(H,26,30)(H,24,27,31)/t12-,15-/m0/s1. The second kappa shape index (κ2) is 8.05. The summed E-state index contributed by atoms with van der Waals surface area (Å²) in [6, 6.07) is 5.50. The van der Waals surface area contributed by atoms with Crippen LogP contribution in [0.2, 0.25) is 0 Å². The summed E-state index contributed by atoms with van der Waals surface area (Å²) in [5.41, 5.74) is 0.476. The van der Waals surface area contributed by atoms with E-state index in [0.29, 0.717) is 31.0 Å². The van der Waals surface area contributed by atoms with Gasteiger partial charge in [0.25, 0.3) is 5.91 Å². The fraction of sp³-hybridized carbons (Fsp3) is 0.400. The first-order chi connectivity index (χ1) is 14.8. The fourth-order valence-electron chi connectivity index (χ4n) is 3.85. The maximum absolute atomic E-state index is 13.0. The Balaban J connectivity index is 1.63. The van der Waals surface area contributed by atoms with E-state index in [1.165, 1.54) is 17.9 Å². The molecule has 1 fully saturated rings. The van der Waals surface area contributed by atoms with Crippen LogP contribution in [0.1, 0.15) is 30.3 Å². The van der Waals surface area contributed by atoms with E-state index in [0.717, 1.165) is 0 Å². The summed E-state index contributed by atoms with van der Waals surface area (Å²) >= 11 is 0. The van der Waals surface area contributed by atoms with E-state index in [1.807, 2.05) is 10.2 Å². The molecule has 4 rings (SSSR count). The number of alkyl halides is 3. The lowest BCUT2D eigenvalue weighted by atomic mass is 10.1. The molecule has 2 aromatic heterocycles. The number of nitrogens with one attached hydrogen (secondary N) is 2. The Labute approximate surface area is 176 Å². The predicted molar refractivity (Wildman–Crippen MR) is 108 cm³/mol. The van der Waals surface area contributed by atoms with Crippen LogP contribution in [0.4, 0.5) is 35.3 Å². The minimum Gasteiger partial charge on any atom is -0.366 e. The van der Waals surface area contributed by atoms with Crippen molar-refractivity contribution >= 4 is 29.3 Å². The van der Waals surface area contributed by atoms with Crippen molar-refractivity contribution in [3.05, 3.63) is 42.2 Å². The van der Waals surface area contributed by atoms with Gasteiger partial charge in [0, 0.05) is 19.3 Å². The van der Waals surface area contributed by atoms with Gasteiger partial charge in [-0.25, -0.2) is 14.8 Å². The molecule has 2 aliphatic rings. The van der Waals surface area contributed by atoms with Crippen molar-refractivity contribution in [1.82, 2.24) is 15.3 Å². The molecule has 2 atom stereocenters. The predicted octanol–water partition coefficient (Wildman–Crippen LogP) is 3.18. The number of carbonyl (C=O) groups excluding carboxylic acids is 2. The van der Waals surface area contributed by atoms with Crippen molar-refractivity contribution in [2.75, 3.05) is 28.2 Å². The van der Waals surface area contributed by atoms with Crippen LogP contribution in [0.15, 0.2) is 36.5 Å². The zero-order chi connectivity index (χ0) is 22.2. The summed E-state index contributed by atoms with van der Waals surface area (Å²) in [6.07, 6.45) is -2.60. The monoisotopic (exact) mass is 434 g/mol. The maximum Gasteiger partial charge on any atom is 0.408 e. The van der Waals surface area contributed by atoms with Gasteiger partial charge >= 0.3 is 12.2 Å². The normalized spacial score (nSPS) is 18.4. The summed E-state index contributed by atoms with van der Waals surface area (Å²) < 4.78 is 39.1. The van der Waals surface area contributed by atoms with Crippen LogP contribution in [0.25, 0.3) is 0 Å². The second-order valence-electron chi connectivity index (χ2n) is 7.42. The number of nitrogens with zero attached hydrogens (tertiary/aromatic N) is 4. The average molecular weight is 434 g/mol. The smallest absolute Gasteiger partial charge is 0.366 e. The lowest BCUT2D eigenvalue weighted by Gasteiger charge is -2.35. The van der Waals surface area contributed by atoms with Gasteiger partial charge in [0.1, 0.15) is 17.6 Å². The summed E-state index contributed by atoms with van der Waals surface area (Å²) in [7, 11) is 0. The van der Waals surface area contributed by atoms with Crippen molar-refractivity contribution in [1.29, 1.82) is 0 Å². The molecule has 0 saturated carbocycles. The molecule has 0 radical (unpaired) electrons. The average Bonchev–Trinajstić information content (AvgIpc) is 3.15. The van der Waals surface area contributed by atoms with Gasteiger partial charge < -0.3 is 10.2 Å². The van der Waals surface area contributed by atoms with E-state index in [2.05, 4.69) is 15.3 Å². The van der Waals surface area contributed by atoms with Crippen LogP contribution >= 0.6 is 0 Å². The van der Waals surface area contributed by atoms with Crippen molar-refractivity contribution in [3.8, 4) is 0 Å². The number of hydrogen-bond acceptors (Lipinski definition) is 5. The van der Waals surface area contributed by atoms with Gasteiger partial charge in [0.15, 0.2) is 5.82 Å². The first kappa shape index (κ1) is 20.9. The van der Waals surface area contributed by atoms with E-state index >= 15 is 0 Å². The van der Waals surface area contributed by atoms with E-state index in [9.17, 15) is 22.8 Å². The van der Waals surface area contributed by atoms with Crippen LogP contribution in [0, 0.1) is 0 Å². The number of halogens is 3. The third kappa shape index (κ3) is 4.12. The third-order valence-corrected chi connectivity index (χ3v) is 5.41. The molecule has 31 heavy (non-hydrogen) atoms. The number of pyridine rings is 2. The van der Waals surface area contributed by atoms with Crippen LogP contribution in [-0.4, -0.2) is 53.3 Å². The number of hydrogen-bond donors (Lipinski definition) is 2. The molecule has 4 heterocycles. The maximum atomic E-state index is 13.0. The zero-order valence-electron chi connectivity index (χ0n) is 16.7. The molecule has 0 unspecified atom stereocenters. The summed E-state index contributed by atoms with van der Waals surface area (Å²) in [5.74, 6) is -0.334. The van der Waals surface area contributed by atoms with Gasteiger partial charge in [-0.05, 0) is 37.1 Å². The molecule has 0 aliphatic carbocycles. The molecule has 2 N–H and O–H groups in total. The van der Waals surface area contributed by atoms with Crippen LogP contribution in [0.5, 0.6) is 0 Å². The molecule has 0 aromatic carbocycles. The molecule has 2 aliphatic heterocycles. The number of carbonyl (C=O) groups is 2. The zero-order valence-corrected chi connectivity index (χ0v) is 16.7. The highest BCUT2D eigenvalue weighted by Gasteiger charge is 2.42. The lowest BCUT2D eigenvalue weighted by Crippen LogP contribution is -2.49. The SMILES string of the molecule is CC[C@H](NC(=O)c1ccc2c(n1)N(C(=O)Nc1ccccn1)[C@H]1CCN2C1)C(F)(F)F. The Morgan fingerprint density at radius 1 is 1.26 bits per heavy atom. The first-order valence-electron chi connectivity index (χ1n) is 9.92. The minimum absolute atomic E-state index is 0.166. The van der Waals surface area contributed by atoms with Crippen molar-refractivity contribution in [3.63, 3.8) is 0 Å². The van der Waals surface area contributed by atoms with Gasteiger partial charge in [0.05, 0.1) is 11.7 Å². The van der Waals surface area contributed by atoms with Crippen LogP contribution in [-0.2, 0) is 0 Å². The highest BCUT2D eigenvalue weighted by atomic mass is 19.4. The molecule has 1 saturated heterocycles. The van der Waals surface area contributed by atoms with E-state index in [4.69, 9.17) is 0 Å². The number of aromatic nitrogens is 2. The van der Waals surface area contributed by atoms with E-state index in [-0.39, 0.29) is 24.0 Å². The Hall–Kier alpha value is -3.37. The van der Waals surface area contributed by atoms with Crippen molar-refractivity contribution in [2.45, 2.75) is 38.0 Å². The molecule has 11 heteroatoms. The van der Waals surface area contributed by atoms with Gasteiger partial charge in [-0.3, -0.25) is 15.0 Å². The van der Waals surface area contributed by atoms with Crippen molar-refractivity contribution < 1.29 is 22.8 Å². The fourth-order valence-corrected chi connectivity index (χ4v) is 3.85. The Bertz CT molecular complexity index is 985. The second-order valence-corrected chi connectivity index (χ2v) is 7.42. The topological polar surface area (TPSA) is 90.5 Å². The van der Waals surface area contributed by atoms with E-state index < -0.39 is 24.2 Å². The van der Waals surface area contributed by atoms with E-state index in [1.54, 1.807) is 30.5 Å². The first-order valence-corrected chi connectivity index (χ1v) is 9.92. The van der Waals surface area contributed by atoms with Crippen molar-refractivity contribution in [2.24, 2.45) is 0 Å². The molecule has 164 valence electrons. The molecule has 0 spiro atoms. The number of amides is 3. The van der Waals surface area contributed by atoms with Gasteiger partial charge in [-0.2, -0.15) is 13.2 Å². The minimum atomic E-state index is -4.56. The number of urea groups is 1. The summed E-state index contributed by atoms with van der Waals surface area (Å²) in [5, 5.41) is 4.70. The summed E-state index contributed by atoms with van der Waals surface area (Å²) in [6.45, 7) is 2.67. The number of fused-ring (bicyclic) bond motifs is 4. The largest absolute Gasteiger partial charge is 0.408 e. The number of rotatable bonds is 4. The van der Waals surface area contributed by atoms with Gasteiger partial charge in [-0.1, -0.05) is 13.0 Å². The summed E-state index contributed by atoms with van der Waals surface area (Å²) in [4.78, 5) is 37.4. The number of anilines is 3. The molecular formula is C20H21F3N6O2. The van der Waals surface area contributed by atoms with Gasteiger partial charge in [0.2, 0.25) is 0 Å². The highest BCUT2D eigenvalue weighted by Crippen LogP contribution is 2.39. The van der Waals surface area contributed by atoms with Crippen LogP contribution in [0.3, 0.4) is 0 Å². The highest BCUT2D eigenvalue weighted by molar-refractivity contribution is 6.05. The molecular weight excluding hydrogens is 413 g/mol. The van der Waals surface area contributed by atoms with Crippen LogP contribution < -0.4 is 20.4 Å². The lowest BCUT2D eigenvalue weighted by molar-refractivity contribution is -0.153. The third-order valence-electron chi connectivity index (χ3n) is 5.41. The molecule has 3 amide bonds. The molecule has 8 nitrogen and oxygen atoms in total. The molecule has 2 bridgehead atoms. The molecule has 2 aromatic rings. The Kier molecular flexibility index (Phi) is 5.42. The quantitative estimate of drug-likeness (QED) is 0.772. The Morgan fingerprint density at radius 3 is 2.74 bits per heavy atom. The Morgan fingerprint density at radius 2 is 2.06 bits per heavy atom. The van der Waals surface area contributed by atoms with Gasteiger partial charge in [-0.15, -0.1) is 0 Å².